The van der Waals surface area contributed by atoms with Crippen molar-refractivity contribution in [1.29, 1.82) is 0 Å². The number of anilines is 1. The first kappa shape index (κ1) is 19.0. The summed E-state index contributed by atoms with van der Waals surface area (Å²) in [6.45, 7) is 3.79. The molecule has 1 N–H and O–H groups in total. The lowest BCUT2D eigenvalue weighted by atomic mass is 10.1. The molecule has 0 spiro atoms. The number of amides is 1. The monoisotopic (exact) mass is 406 g/mol. The van der Waals surface area contributed by atoms with Crippen molar-refractivity contribution in [3.8, 4) is 17.2 Å². The molecule has 5 nitrogen and oxygen atoms in total. The van der Waals surface area contributed by atoms with Crippen LogP contribution >= 0.6 is 11.6 Å². The first-order chi connectivity index (χ1) is 14.0. The number of nitrogens with one attached hydrogen (secondary N) is 1. The van der Waals surface area contributed by atoms with Crippen LogP contribution in [0.5, 0.6) is 5.75 Å². The molecule has 6 heteroatoms. The van der Waals surface area contributed by atoms with E-state index in [1.165, 1.54) is 0 Å². The second kappa shape index (κ2) is 7.97. The predicted molar refractivity (Wildman–Crippen MR) is 114 cm³/mol. The topological polar surface area (TPSA) is 64.4 Å². The molecule has 0 saturated heterocycles. The lowest BCUT2D eigenvalue weighted by Gasteiger charge is -2.09. The lowest BCUT2D eigenvalue weighted by Crippen LogP contribution is -2.20. The zero-order valence-corrected chi connectivity index (χ0v) is 16.8. The van der Waals surface area contributed by atoms with Crippen molar-refractivity contribution < 1.29 is 13.9 Å². The molecule has 0 fully saturated rings. The van der Waals surface area contributed by atoms with E-state index in [0.29, 0.717) is 27.9 Å². The number of carbonyl (C=O) groups excluding carboxylic acids is 1. The molecule has 29 heavy (non-hydrogen) atoms. The molecule has 0 aliphatic carbocycles. The lowest BCUT2D eigenvalue weighted by molar-refractivity contribution is -0.118. The number of hydrogen-bond acceptors (Lipinski definition) is 4. The highest BCUT2D eigenvalue weighted by Gasteiger charge is 2.11. The highest BCUT2D eigenvalue weighted by Crippen LogP contribution is 2.27. The van der Waals surface area contributed by atoms with Crippen LogP contribution in [0.1, 0.15) is 11.1 Å². The highest BCUT2D eigenvalue weighted by molar-refractivity contribution is 6.30. The number of benzene rings is 3. The van der Waals surface area contributed by atoms with Crippen molar-refractivity contribution in [1.82, 2.24) is 4.98 Å². The van der Waals surface area contributed by atoms with Gasteiger partial charge >= 0.3 is 0 Å². The second-order valence-electron chi connectivity index (χ2n) is 6.82. The Kier molecular flexibility index (Phi) is 5.23. The van der Waals surface area contributed by atoms with Crippen LogP contribution in [0.3, 0.4) is 0 Å². The Hall–Kier alpha value is -3.31. The normalized spacial score (nSPS) is 10.9. The van der Waals surface area contributed by atoms with E-state index in [1.54, 1.807) is 30.3 Å². The van der Waals surface area contributed by atoms with Crippen LogP contribution in [0.4, 0.5) is 5.69 Å². The van der Waals surface area contributed by atoms with Gasteiger partial charge in [0.25, 0.3) is 5.91 Å². The van der Waals surface area contributed by atoms with Crippen molar-refractivity contribution in [2.45, 2.75) is 13.8 Å². The summed E-state index contributed by atoms with van der Waals surface area (Å²) < 4.78 is 11.5. The van der Waals surface area contributed by atoms with Crippen LogP contribution in [0.25, 0.3) is 22.6 Å². The summed E-state index contributed by atoms with van der Waals surface area (Å²) >= 11 is 5.93. The number of oxazole rings is 1. The molecule has 0 atom stereocenters. The van der Waals surface area contributed by atoms with Crippen molar-refractivity contribution in [3.63, 3.8) is 0 Å². The Morgan fingerprint density at radius 3 is 2.76 bits per heavy atom. The zero-order chi connectivity index (χ0) is 20.4. The molecular formula is C23H19ClN2O3. The number of ether oxygens (including phenoxy) is 1. The minimum absolute atomic E-state index is 0.106. The predicted octanol–water partition coefficient (Wildman–Crippen LogP) is 5.78. The molecule has 0 bridgehead atoms. The fraction of sp³-hybridized carbons (Fsp3) is 0.130. The molecule has 1 heterocycles. The minimum Gasteiger partial charge on any atom is -0.483 e. The largest absolute Gasteiger partial charge is 0.483 e. The van der Waals surface area contributed by atoms with E-state index in [2.05, 4.69) is 10.3 Å². The molecule has 4 aromatic rings. The number of carbonyl (C=O) groups is 1. The van der Waals surface area contributed by atoms with Gasteiger partial charge in [0.1, 0.15) is 11.3 Å². The van der Waals surface area contributed by atoms with E-state index in [9.17, 15) is 4.79 Å². The van der Waals surface area contributed by atoms with Crippen LogP contribution in [0.2, 0.25) is 5.02 Å². The first-order valence-electron chi connectivity index (χ1n) is 9.14. The van der Waals surface area contributed by atoms with Crippen molar-refractivity contribution >= 4 is 34.3 Å². The molecule has 146 valence electrons. The van der Waals surface area contributed by atoms with Crippen molar-refractivity contribution in [2.75, 3.05) is 11.9 Å². The second-order valence-corrected chi connectivity index (χ2v) is 7.25. The van der Waals surface area contributed by atoms with Gasteiger partial charge in [0.15, 0.2) is 12.2 Å². The van der Waals surface area contributed by atoms with Gasteiger partial charge in [-0.2, -0.15) is 0 Å². The number of fused-ring (bicyclic) bond motifs is 1. The number of rotatable bonds is 5. The minimum atomic E-state index is -0.267. The molecule has 4 rings (SSSR count). The van der Waals surface area contributed by atoms with Gasteiger partial charge < -0.3 is 14.5 Å². The standard InChI is InChI=1S/C23H19ClN2O3/c1-14-4-3-5-16(10-14)23-26-19-8-7-18(12-21(19)29-23)25-22(27)13-28-20-9-6-17(24)11-15(20)2/h3-12H,13H2,1-2H3,(H,25,27). The van der Waals surface area contributed by atoms with Gasteiger partial charge in [-0.25, -0.2) is 4.98 Å². The Balaban J connectivity index is 1.46. The molecule has 0 saturated carbocycles. The van der Waals surface area contributed by atoms with Gasteiger partial charge in [0.2, 0.25) is 5.89 Å². The van der Waals surface area contributed by atoms with Crippen molar-refractivity contribution in [3.05, 3.63) is 76.8 Å². The first-order valence-corrected chi connectivity index (χ1v) is 9.52. The third-order valence-electron chi connectivity index (χ3n) is 4.43. The van der Waals surface area contributed by atoms with Crippen molar-refractivity contribution in [2.24, 2.45) is 0 Å². The molecule has 0 aliphatic rings. The third kappa shape index (κ3) is 4.41. The van der Waals surface area contributed by atoms with Crippen LogP contribution in [-0.2, 0) is 4.79 Å². The van der Waals surface area contributed by atoms with Gasteiger partial charge in [0.05, 0.1) is 0 Å². The Morgan fingerprint density at radius 1 is 1.10 bits per heavy atom. The Bertz CT molecular complexity index is 1200. The maximum atomic E-state index is 12.3. The summed E-state index contributed by atoms with van der Waals surface area (Å²) in [5, 5.41) is 3.44. The average Bonchev–Trinajstić information content (AvgIpc) is 3.11. The number of aryl methyl sites for hydroxylation is 2. The number of hydrogen-bond donors (Lipinski definition) is 1. The molecule has 1 amide bonds. The van der Waals surface area contributed by atoms with E-state index >= 15 is 0 Å². The summed E-state index contributed by atoms with van der Waals surface area (Å²) in [6, 6.07) is 18.6. The zero-order valence-electron chi connectivity index (χ0n) is 16.0. The molecule has 0 radical (unpaired) electrons. The van der Waals surface area contributed by atoms with Crippen LogP contribution in [0.15, 0.2) is 65.1 Å². The summed E-state index contributed by atoms with van der Waals surface area (Å²) in [7, 11) is 0. The summed E-state index contributed by atoms with van der Waals surface area (Å²) in [5.41, 5.74) is 4.87. The van der Waals surface area contributed by atoms with Crippen LogP contribution in [-0.4, -0.2) is 17.5 Å². The van der Waals surface area contributed by atoms with E-state index in [1.807, 2.05) is 44.2 Å². The molecular weight excluding hydrogens is 388 g/mol. The van der Waals surface area contributed by atoms with Crippen LogP contribution in [0, 0.1) is 13.8 Å². The van der Waals surface area contributed by atoms with E-state index in [0.717, 1.165) is 22.2 Å². The molecule has 1 aromatic heterocycles. The fourth-order valence-corrected chi connectivity index (χ4v) is 3.25. The van der Waals surface area contributed by atoms with Gasteiger partial charge in [-0.15, -0.1) is 0 Å². The highest BCUT2D eigenvalue weighted by atomic mass is 35.5. The van der Waals surface area contributed by atoms with E-state index in [4.69, 9.17) is 20.8 Å². The average molecular weight is 407 g/mol. The Labute approximate surface area is 173 Å². The summed E-state index contributed by atoms with van der Waals surface area (Å²) in [4.78, 5) is 16.8. The van der Waals surface area contributed by atoms with Gasteiger partial charge in [-0.1, -0.05) is 29.3 Å². The maximum absolute atomic E-state index is 12.3. The number of nitrogens with zero attached hydrogens (tertiary/aromatic N) is 1. The molecule has 0 aliphatic heterocycles. The fourth-order valence-electron chi connectivity index (χ4n) is 3.02. The number of aromatic nitrogens is 1. The number of halogens is 1. The van der Waals surface area contributed by atoms with E-state index in [-0.39, 0.29) is 12.5 Å². The molecule has 3 aromatic carbocycles. The third-order valence-corrected chi connectivity index (χ3v) is 4.67. The Morgan fingerprint density at radius 2 is 1.97 bits per heavy atom. The van der Waals surface area contributed by atoms with E-state index < -0.39 is 0 Å². The quantitative estimate of drug-likeness (QED) is 0.456. The maximum Gasteiger partial charge on any atom is 0.262 e. The molecule has 0 unspecified atom stereocenters. The summed E-state index contributed by atoms with van der Waals surface area (Å²) in [6.07, 6.45) is 0. The van der Waals surface area contributed by atoms with Gasteiger partial charge in [0, 0.05) is 22.3 Å². The SMILES string of the molecule is Cc1cccc(-c2nc3ccc(NC(=O)COc4ccc(Cl)cc4C)cc3o2)c1. The van der Waals surface area contributed by atoms with Gasteiger partial charge in [-0.3, -0.25) is 4.79 Å². The smallest absolute Gasteiger partial charge is 0.262 e. The summed E-state index contributed by atoms with van der Waals surface area (Å²) in [5.74, 6) is 0.906. The van der Waals surface area contributed by atoms with Crippen LogP contribution < -0.4 is 10.1 Å². The van der Waals surface area contributed by atoms with Gasteiger partial charge in [-0.05, 0) is 61.9 Å².